The van der Waals surface area contributed by atoms with Crippen molar-refractivity contribution in [2.75, 3.05) is 5.32 Å². The van der Waals surface area contributed by atoms with Gasteiger partial charge in [-0.3, -0.25) is 4.79 Å². The van der Waals surface area contributed by atoms with E-state index in [2.05, 4.69) is 20.4 Å². The van der Waals surface area contributed by atoms with Gasteiger partial charge in [-0.2, -0.15) is 5.10 Å². The zero-order chi connectivity index (χ0) is 21.3. The van der Waals surface area contributed by atoms with Crippen LogP contribution in [0.4, 0.5) is 5.69 Å². The quantitative estimate of drug-likeness (QED) is 0.441. The summed E-state index contributed by atoms with van der Waals surface area (Å²) in [6, 6.07) is 13.6. The maximum absolute atomic E-state index is 12.4. The van der Waals surface area contributed by atoms with Crippen LogP contribution in [0.25, 0.3) is 16.7 Å². The number of amides is 1. The first kappa shape index (κ1) is 19.2. The number of fused-ring (bicyclic) bond motifs is 1. The van der Waals surface area contributed by atoms with Gasteiger partial charge in [0.25, 0.3) is 5.91 Å². The molecule has 0 bridgehead atoms. The van der Waals surface area contributed by atoms with Gasteiger partial charge in [-0.25, -0.2) is 14.3 Å². The van der Waals surface area contributed by atoms with Gasteiger partial charge in [0.1, 0.15) is 0 Å². The average molecular weight is 405 g/mol. The highest BCUT2D eigenvalue weighted by atomic mass is 16.5. The average Bonchev–Trinajstić information content (AvgIpc) is 3.32. The number of nitrogens with zero attached hydrogens (tertiary/aromatic N) is 2. The summed E-state index contributed by atoms with van der Waals surface area (Å²) in [7, 11) is 0. The Balaban J connectivity index is 1.40. The van der Waals surface area contributed by atoms with E-state index in [1.165, 1.54) is 6.92 Å². The van der Waals surface area contributed by atoms with Crippen LogP contribution in [0.2, 0.25) is 0 Å². The number of nitrogens with one attached hydrogen (secondary N) is 3. The van der Waals surface area contributed by atoms with Crippen LogP contribution in [0.15, 0.2) is 59.5 Å². The second kappa shape index (κ2) is 7.70. The van der Waals surface area contributed by atoms with Crippen LogP contribution in [-0.2, 0) is 9.53 Å². The molecule has 152 valence electrons. The molecule has 4 aromatic rings. The van der Waals surface area contributed by atoms with Gasteiger partial charge in [0.05, 0.1) is 22.3 Å². The highest BCUT2D eigenvalue weighted by Gasteiger charge is 2.19. The number of benzene rings is 2. The lowest BCUT2D eigenvalue weighted by molar-refractivity contribution is -0.123. The molecule has 4 rings (SSSR count). The van der Waals surface area contributed by atoms with Crippen molar-refractivity contribution in [1.29, 1.82) is 0 Å². The summed E-state index contributed by atoms with van der Waals surface area (Å²) < 4.78 is 7.03. The number of aromatic amines is 2. The number of carbonyl (C=O) groups excluding carboxylic acids is 2. The number of aryl methyl sites for hydroxylation is 1. The number of ether oxygens (including phenoxy) is 1. The SMILES string of the molecule is Cc1ccnn1-c1ccc(C(=O)O[C@@H](C)C(=O)Nc2ccc3[nH]c(=O)[nH]c3c2)cc1. The standard InChI is InChI=1S/C21H19N5O4/c1-12-9-10-22-26(12)16-6-3-14(4-7-16)20(28)30-13(2)19(27)23-15-5-8-17-18(11-15)25-21(29)24-17/h3-11,13H,1-2H3,(H,23,27)(H2,24,25,29)/t13-/m0/s1. The zero-order valence-electron chi connectivity index (χ0n) is 16.3. The molecule has 9 nitrogen and oxygen atoms in total. The number of imidazole rings is 1. The number of aromatic nitrogens is 4. The van der Waals surface area contributed by atoms with Crippen molar-refractivity contribution in [3.8, 4) is 5.69 Å². The molecule has 2 aromatic heterocycles. The molecule has 2 aromatic carbocycles. The Labute approximate surface area is 170 Å². The topological polar surface area (TPSA) is 122 Å². The largest absolute Gasteiger partial charge is 0.449 e. The molecule has 0 saturated carbocycles. The highest BCUT2D eigenvalue weighted by Crippen LogP contribution is 2.16. The van der Waals surface area contributed by atoms with Gasteiger partial charge in [-0.05, 0) is 62.4 Å². The third-order valence-electron chi connectivity index (χ3n) is 4.62. The minimum atomic E-state index is -1.01. The fourth-order valence-electron chi connectivity index (χ4n) is 3.01. The molecule has 30 heavy (non-hydrogen) atoms. The molecule has 0 fully saturated rings. The number of hydrogen-bond acceptors (Lipinski definition) is 5. The predicted molar refractivity (Wildman–Crippen MR) is 111 cm³/mol. The van der Waals surface area contributed by atoms with Crippen molar-refractivity contribution < 1.29 is 14.3 Å². The van der Waals surface area contributed by atoms with E-state index in [1.807, 2.05) is 13.0 Å². The number of hydrogen-bond donors (Lipinski definition) is 3. The molecule has 2 heterocycles. The van der Waals surface area contributed by atoms with Crippen LogP contribution in [0.5, 0.6) is 0 Å². The van der Waals surface area contributed by atoms with Crippen molar-refractivity contribution >= 4 is 28.6 Å². The first-order valence-electron chi connectivity index (χ1n) is 9.26. The second-order valence-corrected chi connectivity index (χ2v) is 6.81. The minimum Gasteiger partial charge on any atom is -0.449 e. The van der Waals surface area contributed by atoms with Crippen molar-refractivity contribution in [2.45, 2.75) is 20.0 Å². The Kier molecular flexibility index (Phi) is 4.93. The summed E-state index contributed by atoms with van der Waals surface area (Å²) in [5.41, 5.74) is 3.46. The van der Waals surface area contributed by atoms with Gasteiger partial charge in [-0.15, -0.1) is 0 Å². The second-order valence-electron chi connectivity index (χ2n) is 6.81. The normalized spacial score (nSPS) is 11.9. The molecule has 1 atom stereocenters. The molecule has 1 amide bonds. The molecule has 9 heteroatoms. The van der Waals surface area contributed by atoms with Crippen molar-refractivity contribution in [2.24, 2.45) is 0 Å². The van der Waals surface area contributed by atoms with Crippen molar-refractivity contribution in [1.82, 2.24) is 19.7 Å². The lowest BCUT2D eigenvalue weighted by Crippen LogP contribution is -2.30. The monoisotopic (exact) mass is 405 g/mol. The minimum absolute atomic E-state index is 0.328. The van der Waals surface area contributed by atoms with Gasteiger partial charge in [0.15, 0.2) is 6.10 Å². The Hall–Kier alpha value is -4.14. The zero-order valence-corrected chi connectivity index (χ0v) is 16.3. The Morgan fingerprint density at radius 1 is 1.07 bits per heavy atom. The Morgan fingerprint density at radius 2 is 1.80 bits per heavy atom. The number of H-pyrrole nitrogens is 2. The molecule has 0 aliphatic rings. The fraction of sp³-hybridized carbons (Fsp3) is 0.143. The van der Waals surface area contributed by atoms with Crippen molar-refractivity contribution in [3.63, 3.8) is 0 Å². The first-order valence-corrected chi connectivity index (χ1v) is 9.26. The molecule has 0 saturated heterocycles. The van der Waals surface area contributed by atoms with E-state index in [4.69, 9.17) is 4.74 Å². The third-order valence-corrected chi connectivity index (χ3v) is 4.62. The van der Waals surface area contributed by atoms with Crippen LogP contribution in [0.3, 0.4) is 0 Å². The van der Waals surface area contributed by atoms with E-state index < -0.39 is 18.0 Å². The van der Waals surface area contributed by atoms with E-state index >= 15 is 0 Å². The summed E-state index contributed by atoms with van der Waals surface area (Å²) >= 11 is 0. The van der Waals surface area contributed by atoms with E-state index in [0.29, 0.717) is 22.3 Å². The van der Waals surface area contributed by atoms with Crippen LogP contribution < -0.4 is 11.0 Å². The van der Waals surface area contributed by atoms with Crippen LogP contribution in [0.1, 0.15) is 23.0 Å². The Bertz CT molecular complexity index is 1280. The van der Waals surface area contributed by atoms with E-state index in [9.17, 15) is 14.4 Å². The molecule has 3 N–H and O–H groups in total. The number of rotatable bonds is 5. The first-order chi connectivity index (χ1) is 14.4. The Morgan fingerprint density at radius 3 is 2.50 bits per heavy atom. The molecular weight excluding hydrogens is 386 g/mol. The van der Waals surface area contributed by atoms with Crippen LogP contribution in [0, 0.1) is 6.92 Å². The molecule has 0 radical (unpaired) electrons. The van der Waals surface area contributed by atoms with Gasteiger partial charge in [-0.1, -0.05) is 0 Å². The van der Waals surface area contributed by atoms with Gasteiger partial charge < -0.3 is 20.0 Å². The molecule has 0 spiro atoms. The lowest BCUT2D eigenvalue weighted by atomic mass is 10.2. The van der Waals surface area contributed by atoms with Gasteiger partial charge >= 0.3 is 11.7 Å². The summed E-state index contributed by atoms with van der Waals surface area (Å²) in [6.45, 7) is 3.42. The highest BCUT2D eigenvalue weighted by molar-refractivity contribution is 5.98. The number of anilines is 1. The maximum Gasteiger partial charge on any atom is 0.338 e. The predicted octanol–water partition coefficient (Wildman–Crippen LogP) is 2.53. The lowest BCUT2D eigenvalue weighted by Gasteiger charge is -2.14. The molecule has 0 unspecified atom stereocenters. The van der Waals surface area contributed by atoms with Gasteiger partial charge in [0.2, 0.25) is 0 Å². The summed E-state index contributed by atoms with van der Waals surface area (Å²) in [4.78, 5) is 41.3. The molecular formula is C21H19N5O4. The smallest absolute Gasteiger partial charge is 0.338 e. The fourth-order valence-corrected chi connectivity index (χ4v) is 3.01. The third kappa shape index (κ3) is 3.86. The number of esters is 1. The van der Waals surface area contributed by atoms with Crippen LogP contribution >= 0.6 is 0 Å². The van der Waals surface area contributed by atoms with E-state index in [1.54, 1.807) is 53.3 Å². The van der Waals surface area contributed by atoms with Crippen LogP contribution in [-0.4, -0.2) is 37.7 Å². The summed E-state index contributed by atoms with van der Waals surface area (Å²) in [6.07, 6.45) is 0.690. The van der Waals surface area contributed by atoms with Gasteiger partial charge in [0, 0.05) is 17.6 Å². The molecule has 0 aliphatic carbocycles. The van der Waals surface area contributed by atoms with E-state index in [-0.39, 0.29) is 5.69 Å². The summed E-state index contributed by atoms with van der Waals surface area (Å²) in [5, 5.41) is 6.89. The summed E-state index contributed by atoms with van der Waals surface area (Å²) in [5.74, 6) is -1.09. The maximum atomic E-state index is 12.4. The van der Waals surface area contributed by atoms with Crippen molar-refractivity contribution in [3.05, 3.63) is 76.5 Å². The number of carbonyl (C=O) groups is 2. The van der Waals surface area contributed by atoms with E-state index in [0.717, 1.165) is 11.4 Å². The molecule has 0 aliphatic heterocycles.